The average Bonchev–Trinajstić information content (AvgIpc) is 2.29. The topological polar surface area (TPSA) is 56.8 Å². The van der Waals surface area contributed by atoms with Crippen LogP contribution in [0.1, 0.15) is 20.3 Å². The van der Waals surface area contributed by atoms with Crippen molar-refractivity contribution in [2.45, 2.75) is 20.3 Å². The van der Waals surface area contributed by atoms with E-state index in [9.17, 15) is 4.79 Å². The van der Waals surface area contributed by atoms with Crippen LogP contribution in [-0.2, 0) is 19.0 Å². The number of carbonyl (C=O) groups is 1. The third-order valence-corrected chi connectivity index (χ3v) is 1.90. The van der Waals surface area contributed by atoms with Crippen LogP contribution in [0.15, 0.2) is 0 Å². The molecule has 0 atom stereocenters. The SMILES string of the molecule is COCCOCC(=O)NCCCOCC(C)C. The van der Waals surface area contributed by atoms with Gasteiger partial charge in [0.2, 0.25) is 5.91 Å². The summed E-state index contributed by atoms with van der Waals surface area (Å²) in [5.41, 5.74) is 0. The van der Waals surface area contributed by atoms with E-state index in [2.05, 4.69) is 19.2 Å². The highest BCUT2D eigenvalue weighted by Gasteiger charge is 2.00. The average molecular weight is 247 g/mol. The summed E-state index contributed by atoms with van der Waals surface area (Å²) in [5, 5.41) is 2.76. The van der Waals surface area contributed by atoms with Crippen LogP contribution in [0.3, 0.4) is 0 Å². The highest BCUT2D eigenvalue weighted by Crippen LogP contribution is 1.92. The molecule has 0 aliphatic rings. The molecule has 0 rings (SSSR count). The fourth-order valence-electron chi connectivity index (χ4n) is 1.08. The predicted molar refractivity (Wildman–Crippen MR) is 66.0 cm³/mol. The van der Waals surface area contributed by atoms with E-state index < -0.39 is 0 Å². The number of nitrogens with one attached hydrogen (secondary N) is 1. The van der Waals surface area contributed by atoms with Gasteiger partial charge >= 0.3 is 0 Å². The van der Waals surface area contributed by atoms with Crippen LogP contribution in [0.4, 0.5) is 0 Å². The van der Waals surface area contributed by atoms with Gasteiger partial charge in [0.15, 0.2) is 0 Å². The Labute approximate surface area is 104 Å². The standard InChI is InChI=1S/C12H25NO4/c1-11(2)9-16-6-4-5-13-12(14)10-17-8-7-15-3/h11H,4-10H2,1-3H3,(H,13,14). The Morgan fingerprint density at radius 2 is 1.94 bits per heavy atom. The Kier molecular flexibility index (Phi) is 11.4. The second kappa shape index (κ2) is 11.8. The Balaban J connectivity index is 3.16. The molecule has 0 saturated heterocycles. The van der Waals surface area contributed by atoms with Crippen molar-refractivity contribution in [3.63, 3.8) is 0 Å². The van der Waals surface area contributed by atoms with E-state index in [0.717, 1.165) is 13.0 Å². The molecule has 0 aliphatic carbocycles. The van der Waals surface area contributed by atoms with Gasteiger partial charge in [0.05, 0.1) is 13.2 Å². The van der Waals surface area contributed by atoms with Gasteiger partial charge in [0, 0.05) is 26.9 Å². The summed E-state index contributed by atoms with van der Waals surface area (Å²) in [6.45, 7) is 7.36. The third-order valence-electron chi connectivity index (χ3n) is 1.90. The van der Waals surface area contributed by atoms with Gasteiger partial charge in [-0.15, -0.1) is 0 Å². The Bertz CT molecular complexity index is 185. The molecule has 0 aliphatic heterocycles. The lowest BCUT2D eigenvalue weighted by atomic mass is 10.2. The van der Waals surface area contributed by atoms with Crippen LogP contribution < -0.4 is 5.32 Å². The first-order valence-electron chi connectivity index (χ1n) is 6.08. The molecule has 0 unspecified atom stereocenters. The Morgan fingerprint density at radius 3 is 2.59 bits per heavy atom. The van der Waals surface area contributed by atoms with Crippen LogP contribution in [0.25, 0.3) is 0 Å². The Hall–Kier alpha value is -0.650. The fraction of sp³-hybridized carbons (Fsp3) is 0.917. The number of amides is 1. The molecule has 1 amide bonds. The molecule has 0 aromatic rings. The summed E-state index contributed by atoms with van der Waals surface area (Å²) in [4.78, 5) is 11.2. The smallest absolute Gasteiger partial charge is 0.246 e. The van der Waals surface area contributed by atoms with Gasteiger partial charge in [-0.2, -0.15) is 0 Å². The first-order chi connectivity index (χ1) is 8.16. The van der Waals surface area contributed by atoms with Crippen molar-refractivity contribution in [2.75, 3.05) is 46.7 Å². The van der Waals surface area contributed by atoms with E-state index in [-0.39, 0.29) is 12.5 Å². The molecule has 0 aromatic heterocycles. The highest BCUT2D eigenvalue weighted by atomic mass is 16.5. The highest BCUT2D eigenvalue weighted by molar-refractivity contribution is 5.77. The van der Waals surface area contributed by atoms with Crippen LogP contribution in [0, 0.1) is 5.92 Å². The van der Waals surface area contributed by atoms with E-state index in [1.165, 1.54) is 0 Å². The molecular weight excluding hydrogens is 222 g/mol. The molecule has 1 N–H and O–H groups in total. The van der Waals surface area contributed by atoms with E-state index in [1.54, 1.807) is 7.11 Å². The summed E-state index contributed by atoms with van der Waals surface area (Å²) in [7, 11) is 1.60. The number of methoxy groups -OCH3 is 1. The van der Waals surface area contributed by atoms with Crippen molar-refractivity contribution in [3.8, 4) is 0 Å². The van der Waals surface area contributed by atoms with Gasteiger partial charge in [-0.1, -0.05) is 13.8 Å². The Morgan fingerprint density at radius 1 is 1.18 bits per heavy atom. The molecule has 0 aromatic carbocycles. The molecule has 0 fully saturated rings. The monoisotopic (exact) mass is 247 g/mol. The van der Waals surface area contributed by atoms with Crippen molar-refractivity contribution >= 4 is 5.91 Å². The molecule has 0 spiro atoms. The van der Waals surface area contributed by atoms with Crippen molar-refractivity contribution < 1.29 is 19.0 Å². The molecule has 0 radical (unpaired) electrons. The molecule has 17 heavy (non-hydrogen) atoms. The summed E-state index contributed by atoms with van der Waals surface area (Å²) in [6, 6.07) is 0. The zero-order valence-electron chi connectivity index (χ0n) is 11.2. The number of rotatable bonds is 11. The van der Waals surface area contributed by atoms with Crippen LogP contribution in [-0.4, -0.2) is 52.6 Å². The van der Waals surface area contributed by atoms with Gasteiger partial charge < -0.3 is 19.5 Å². The number of ether oxygens (including phenoxy) is 3. The molecule has 5 nitrogen and oxygen atoms in total. The normalized spacial score (nSPS) is 10.8. The summed E-state index contributed by atoms with van der Waals surface area (Å²) in [6.07, 6.45) is 0.830. The van der Waals surface area contributed by atoms with Crippen LogP contribution in [0.2, 0.25) is 0 Å². The van der Waals surface area contributed by atoms with Gasteiger partial charge in [0.25, 0.3) is 0 Å². The van der Waals surface area contributed by atoms with E-state index in [0.29, 0.717) is 32.3 Å². The quantitative estimate of drug-likeness (QED) is 0.549. The lowest BCUT2D eigenvalue weighted by molar-refractivity contribution is -0.126. The van der Waals surface area contributed by atoms with Crippen molar-refractivity contribution in [3.05, 3.63) is 0 Å². The van der Waals surface area contributed by atoms with Crippen LogP contribution >= 0.6 is 0 Å². The van der Waals surface area contributed by atoms with Crippen molar-refractivity contribution in [1.29, 1.82) is 0 Å². The van der Waals surface area contributed by atoms with Crippen molar-refractivity contribution in [1.82, 2.24) is 5.32 Å². The zero-order chi connectivity index (χ0) is 12.9. The molecule has 0 bridgehead atoms. The summed E-state index contributed by atoms with van der Waals surface area (Å²) in [5.74, 6) is 0.462. The van der Waals surface area contributed by atoms with Crippen molar-refractivity contribution in [2.24, 2.45) is 5.92 Å². The van der Waals surface area contributed by atoms with Gasteiger partial charge in [0.1, 0.15) is 6.61 Å². The van der Waals surface area contributed by atoms with Gasteiger partial charge in [-0.25, -0.2) is 0 Å². The second-order valence-corrected chi connectivity index (χ2v) is 4.22. The largest absolute Gasteiger partial charge is 0.382 e. The maximum absolute atomic E-state index is 11.2. The molecular formula is C12H25NO4. The summed E-state index contributed by atoms with van der Waals surface area (Å²) >= 11 is 0. The lowest BCUT2D eigenvalue weighted by Crippen LogP contribution is -2.29. The fourth-order valence-corrected chi connectivity index (χ4v) is 1.08. The minimum absolute atomic E-state index is 0.0926. The van der Waals surface area contributed by atoms with Gasteiger partial charge in [-0.3, -0.25) is 4.79 Å². The maximum Gasteiger partial charge on any atom is 0.246 e. The molecule has 0 saturated carbocycles. The third kappa shape index (κ3) is 13.3. The molecule has 102 valence electrons. The van der Waals surface area contributed by atoms with E-state index in [1.807, 2.05) is 0 Å². The zero-order valence-corrected chi connectivity index (χ0v) is 11.2. The lowest BCUT2D eigenvalue weighted by Gasteiger charge is -2.08. The van der Waals surface area contributed by atoms with Gasteiger partial charge in [-0.05, 0) is 12.3 Å². The second-order valence-electron chi connectivity index (χ2n) is 4.22. The minimum Gasteiger partial charge on any atom is -0.382 e. The first kappa shape index (κ1) is 16.4. The minimum atomic E-state index is -0.0926. The molecule has 5 heteroatoms. The number of hydrogen-bond acceptors (Lipinski definition) is 4. The van der Waals surface area contributed by atoms with Crippen LogP contribution in [0.5, 0.6) is 0 Å². The maximum atomic E-state index is 11.2. The van der Waals surface area contributed by atoms with E-state index in [4.69, 9.17) is 14.2 Å². The summed E-state index contributed by atoms with van der Waals surface area (Å²) < 4.78 is 15.3. The van der Waals surface area contributed by atoms with E-state index >= 15 is 0 Å². The predicted octanol–water partition coefficient (Wildman–Crippen LogP) is 0.828. The first-order valence-corrected chi connectivity index (χ1v) is 6.08. The number of carbonyl (C=O) groups excluding carboxylic acids is 1. The number of hydrogen-bond donors (Lipinski definition) is 1. The molecule has 0 heterocycles.